The molecule has 0 saturated carbocycles. The Balaban J connectivity index is 1.43. The van der Waals surface area contributed by atoms with Crippen LogP contribution in [-0.2, 0) is 12.0 Å². The summed E-state index contributed by atoms with van der Waals surface area (Å²) < 4.78 is 5.91. The maximum atomic E-state index is 13.8. The number of carboxylic acids is 1. The van der Waals surface area contributed by atoms with Gasteiger partial charge >= 0.3 is 5.97 Å². The Morgan fingerprint density at radius 3 is 2.24 bits per heavy atom. The van der Waals surface area contributed by atoms with Crippen molar-refractivity contribution in [2.45, 2.75) is 25.8 Å². The van der Waals surface area contributed by atoms with Crippen molar-refractivity contribution in [2.75, 3.05) is 0 Å². The summed E-state index contributed by atoms with van der Waals surface area (Å²) in [6, 6.07) is 34.7. The molecule has 41 heavy (non-hydrogen) atoms. The molecule has 0 bridgehead atoms. The van der Waals surface area contributed by atoms with Gasteiger partial charge in [-0.25, -0.2) is 4.79 Å². The van der Waals surface area contributed by atoms with Gasteiger partial charge in [-0.05, 0) is 57.3 Å². The number of hydrogen-bond donors (Lipinski definition) is 2. The molecule has 6 heteroatoms. The molecule has 1 amide bonds. The normalized spacial score (nSPS) is 11.6. The van der Waals surface area contributed by atoms with E-state index in [2.05, 4.69) is 54.7 Å². The van der Waals surface area contributed by atoms with Crippen molar-refractivity contribution in [1.82, 2.24) is 10.5 Å². The van der Waals surface area contributed by atoms with Crippen LogP contribution in [0.1, 0.15) is 51.4 Å². The number of nitrogens with zero attached hydrogens (tertiary/aromatic N) is 1. The van der Waals surface area contributed by atoms with Gasteiger partial charge in [0.15, 0.2) is 5.58 Å². The van der Waals surface area contributed by atoms with Gasteiger partial charge in [0.05, 0.1) is 16.5 Å². The second-order valence-corrected chi connectivity index (χ2v) is 10.7. The molecule has 6 rings (SSSR count). The van der Waals surface area contributed by atoms with Crippen LogP contribution in [-0.4, -0.2) is 22.1 Å². The minimum Gasteiger partial charge on any atom is -0.478 e. The number of fused-ring (bicyclic) bond motifs is 2. The number of amides is 1. The largest absolute Gasteiger partial charge is 0.478 e. The molecule has 0 atom stereocenters. The van der Waals surface area contributed by atoms with Gasteiger partial charge in [0.2, 0.25) is 0 Å². The highest BCUT2D eigenvalue weighted by Gasteiger charge is 2.32. The van der Waals surface area contributed by atoms with Crippen molar-refractivity contribution in [3.05, 3.63) is 137 Å². The maximum absolute atomic E-state index is 13.8. The van der Waals surface area contributed by atoms with Crippen molar-refractivity contribution in [3.8, 4) is 11.1 Å². The molecule has 2 N–H and O–H groups in total. The lowest BCUT2D eigenvalue weighted by Crippen LogP contribution is -2.25. The summed E-state index contributed by atoms with van der Waals surface area (Å²) >= 11 is 0. The lowest BCUT2D eigenvalue weighted by molar-refractivity contribution is 0.0696. The van der Waals surface area contributed by atoms with Gasteiger partial charge in [0.25, 0.3) is 5.91 Å². The van der Waals surface area contributed by atoms with E-state index in [0.717, 1.165) is 33.0 Å². The van der Waals surface area contributed by atoms with Crippen LogP contribution in [0.3, 0.4) is 0 Å². The van der Waals surface area contributed by atoms with Crippen molar-refractivity contribution >= 4 is 33.6 Å². The van der Waals surface area contributed by atoms with Crippen LogP contribution in [0.2, 0.25) is 0 Å². The van der Waals surface area contributed by atoms with E-state index in [9.17, 15) is 14.7 Å². The highest BCUT2D eigenvalue weighted by molar-refractivity contribution is 6.08. The van der Waals surface area contributed by atoms with E-state index in [1.165, 1.54) is 12.1 Å². The third-order valence-electron chi connectivity index (χ3n) is 7.64. The zero-order valence-corrected chi connectivity index (χ0v) is 22.7. The monoisotopic (exact) mass is 540 g/mol. The van der Waals surface area contributed by atoms with Crippen LogP contribution >= 0.6 is 0 Å². The summed E-state index contributed by atoms with van der Waals surface area (Å²) in [5, 5.41) is 19.7. The highest BCUT2D eigenvalue weighted by atomic mass is 16.5. The smallest absolute Gasteiger partial charge is 0.335 e. The number of carboxylic acid groups (broad SMARTS) is 1. The van der Waals surface area contributed by atoms with Crippen LogP contribution in [0.4, 0.5) is 0 Å². The Morgan fingerprint density at radius 1 is 0.805 bits per heavy atom. The molecular weight excluding hydrogens is 512 g/mol. The van der Waals surface area contributed by atoms with Crippen LogP contribution in [0.25, 0.3) is 32.9 Å². The molecule has 0 aliphatic heterocycles. The number of nitrogens with one attached hydrogen (secondary N) is 1. The predicted octanol–water partition coefficient (Wildman–Crippen LogP) is 7.60. The fourth-order valence-corrected chi connectivity index (χ4v) is 5.23. The van der Waals surface area contributed by atoms with Gasteiger partial charge in [-0.2, -0.15) is 0 Å². The second kappa shape index (κ2) is 10.4. The average Bonchev–Trinajstić information content (AvgIpc) is 3.45. The van der Waals surface area contributed by atoms with E-state index in [0.29, 0.717) is 22.2 Å². The van der Waals surface area contributed by atoms with Gasteiger partial charge in [0.1, 0.15) is 5.69 Å². The van der Waals surface area contributed by atoms with E-state index >= 15 is 0 Å². The molecule has 202 valence electrons. The molecule has 0 unspecified atom stereocenters. The summed E-state index contributed by atoms with van der Waals surface area (Å²) in [4.78, 5) is 25.0. The number of hydrogen-bond acceptors (Lipinski definition) is 4. The van der Waals surface area contributed by atoms with E-state index in [-0.39, 0.29) is 18.0 Å². The Bertz CT molecular complexity index is 1900. The summed E-state index contributed by atoms with van der Waals surface area (Å²) in [6.07, 6.45) is 0. The molecule has 1 aromatic heterocycles. The van der Waals surface area contributed by atoms with Gasteiger partial charge in [-0.3, -0.25) is 4.79 Å². The first-order chi connectivity index (χ1) is 19.8. The molecular formula is C35H28N2O4. The summed E-state index contributed by atoms with van der Waals surface area (Å²) in [5.41, 5.74) is 4.97. The second-order valence-electron chi connectivity index (χ2n) is 10.7. The Labute approximate surface area is 237 Å². The van der Waals surface area contributed by atoms with Crippen LogP contribution < -0.4 is 5.32 Å². The third kappa shape index (κ3) is 4.96. The predicted molar refractivity (Wildman–Crippen MR) is 160 cm³/mol. The minimum absolute atomic E-state index is 0.197. The Kier molecular flexibility index (Phi) is 6.59. The maximum Gasteiger partial charge on any atom is 0.335 e. The molecule has 5 aromatic carbocycles. The molecule has 0 aliphatic rings. The topological polar surface area (TPSA) is 92.4 Å². The number of aromatic carboxylic acids is 1. The van der Waals surface area contributed by atoms with E-state index in [1.807, 2.05) is 54.6 Å². The molecule has 0 fully saturated rings. The lowest BCUT2D eigenvalue weighted by Gasteiger charge is -2.24. The van der Waals surface area contributed by atoms with Crippen molar-refractivity contribution in [2.24, 2.45) is 0 Å². The first-order valence-electron chi connectivity index (χ1n) is 13.4. The van der Waals surface area contributed by atoms with Crippen LogP contribution in [0, 0.1) is 0 Å². The molecule has 6 nitrogen and oxygen atoms in total. The summed E-state index contributed by atoms with van der Waals surface area (Å²) in [5.74, 6) is -1.26. The summed E-state index contributed by atoms with van der Waals surface area (Å²) in [6.45, 7) is 4.42. The first kappa shape index (κ1) is 26.0. The fourth-order valence-electron chi connectivity index (χ4n) is 5.23. The number of rotatable bonds is 7. The van der Waals surface area contributed by atoms with E-state index < -0.39 is 11.4 Å². The third-order valence-corrected chi connectivity index (χ3v) is 7.64. The van der Waals surface area contributed by atoms with Crippen molar-refractivity contribution in [3.63, 3.8) is 0 Å². The number of aromatic nitrogens is 1. The van der Waals surface area contributed by atoms with E-state index in [4.69, 9.17) is 4.52 Å². The zero-order chi connectivity index (χ0) is 28.6. The number of carbonyl (C=O) groups is 2. The lowest BCUT2D eigenvalue weighted by atomic mass is 9.78. The van der Waals surface area contributed by atoms with Crippen LogP contribution in [0.5, 0.6) is 0 Å². The number of carbonyl (C=O) groups excluding carboxylic acids is 1. The van der Waals surface area contributed by atoms with Gasteiger partial charge < -0.3 is 14.9 Å². The molecule has 1 heterocycles. The standard InChI is InChI=1S/C35H28N2O4/c1-35(2,28-17-16-24-10-6-7-11-26(24)18-28)32-31-29(33(38)36-21-22-12-14-25(15-13-22)34(39)40)19-27(20-30(31)41-37-32)23-8-4-3-5-9-23/h3-20H,21H2,1-2H3,(H,36,38)(H,39,40). The van der Waals surface area contributed by atoms with Crippen molar-refractivity contribution in [1.29, 1.82) is 0 Å². The molecule has 0 radical (unpaired) electrons. The molecule has 6 aromatic rings. The highest BCUT2D eigenvalue weighted by Crippen LogP contribution is 2.39. The average molecular weight is 541 g/mol. The summed E-state index contributed by atoms with van der Waals surface area (Å²) in [7, 11) is 0. The molecule has 0 spiro atoms. The molecule has 0 saturated heterocycles. The van der Waals surface area contributed by atoms with Gasteiger partial charge in [0, 0.05) is 12.0 Å². The minimum atomic E-state index is -0.991. The fraction of sp³-hybridized carbons (Fsp3) is 0.114. The Morgan fingerprint density at radius 2 is 1.51 bits per heavy atom. The van der Waals surface area contributed by atoms with E-state index in [1.54, 1.807) is 12.1 Å². The molecule has 0 aliphatic carbocycles. The van der Waals surface area contributed by atoms with Crippen LogP contribution in [0.15, 0.2) is 114 Å². The van der Waals surface area contributed by atoms with Gasteiger partial charge in [-0.1, -0.05) is 104 Å². The first-order valence-corrected chi connectivity index (χ1v) is 13.4. The van der Waals surface area contributed by atoms with Crippen molar-refractivity contribution < 1.29 is 19.2 Å². The SMILES string of the molecule is CC(C)(c1ccc2ccccc2c1)c1noc2cc(-c3ccccc3)cc(C(=O)NCc3ccc(C(=O)O)cc3)c12. The van der Waals surface area contributed by atoms with Gasteiger partial charge in [-0.15, -0.1) is 0 Å². The Hall–Kier alpha value is -5.23. The number of benzene rings is 5. The zero-order valence-electron chi connectivity index (χ0n) is 22.7. The quantitative estimate of drug-likeness (QED) is 0.217.